The number of hydrogen-bond acceptors (Lipinski definition) is 6. The number of nitrogen functional groups attached to an aromatic ring is 1. The number of aromatic amines is 1. The van der Waals surface area contributed by atoms with Gasteiger partial charge in [0.1, 0.15) is 12.4 Å². The number of ether oxygens (including phenoxy) is 2. The monoisotopic (exact) mass is 406 g/mol. The van der Waals surface area contributed by atoms with Crippen LogP contribution in [0.15, 0.2) is 47.3 Å². The van der Waals surface area contributed by atoms with Crippen LogP contribution < -0.4 is 26.1 Å². The van der Waals surface area contributed by atoms with Crippen LogP contribution in [-0.2, 0) is 11.4 Å². The van der Waals surface area contributed by atoms with Crippen molar-refractivity contribution in [3.8, 4) is 11.5 Å². The SMILES string of the molecule is COc1cc([C@H]2CC(=O)Nc3nc(N)[nH]c(=O)c32)ccc1OCc1ccc(C)cc1. The number of methoxy groups -OCH3 is 1. The normalized spacial score (nSPS) is 15.3. The van der Waals surface area contributed by atoms with Crippen LogP contribution in [0.1, 0.15) is 34.6 Å². The Morgan fingerprint density at radius 3 is 2.63 bits per heavy atom. The molecule has 0 saturated heterocycles. The summed E-state index contributed by atoms with van der Waals surface area (Å²) in [6.07, 6.45) is 0.119. The number of H-pyrrole nitrogens is 1. The molecule has 0 saturated carbocycles. The summed E-state index contributed by atoms with van der Waals surface area (Å²) in [5.41, 5.74) is 8.59. The Hall–Kier alpha value is -3.81. The second kappa shape index (κ2) is 7.90. The van der Waals surface area contributed by atoms with E-state index in [-0.39, 0.29) is 29.7 Å². The van der Waals surface area contributed by atoms with E-state index < -0.39 is 5.92 Å². The molecule has 8 heteroatoms. The van der Waals surface area contributed by atoms with Crippen LogP contribution >= 0.6 is 0 Å². The lowest BCUT2D eigenvalue weighted by Gasteiger charge is -2.25. The van der Waals surface area contributed by atoms with Gasteiger partial charge >= 0.3 is 0 Å². The quantitative estimate of drug-likeness (QED) is 0.599. The number of carbonyl (C=O) groups excluding carboxylic acids is 1. The highest BCUT2D eigenvalue weighted by atomic mass is 16.5. The molecule has 1 atom stereocenters. The van der Waals surface area contributed by atoms with Crippen LogP contribution in [0.4, 0.5) is 11.8 Å². The lowest BCUT2D eigenvalue weighted by molar-refractivity contribution is -0.116. The molecule has 1 aliphatic rings. The minimum Gasteiger partial charge on any atom is -0.493 e. The molecule has 1 aliphatic heterocycles. The van der Waals surface area contributed by atoms with E-state index in [1.54, 1.807) is 19.2 Å². The number of anilines is 2. The zero-order valence-electron chi connectivity index (χ0n) is 16.7. The second-order valence-corrected chi connectivity index (χ2v) is 7.20. The van der Waals surface area contributed by atoms with Gasteiger partial charge in [0, 0.05) is 12.3 Å². The Kier molecular flexibility index (Phi) is 5.14. The fourth-order valence-corrected chi connectivity index (χ4v) is 3.54. The van der Waals surface area contributed by atoms with Crippen molar-refractivity contribution < 1.29 is 14.3 Å². The molecule has 3 aromatic rings. The number of benzene rings is 2. The lowest BCUT2D eigenvalue weighted by atomic mass is 9.86. The third-order valence-corrected chi connectivity index (χ3v) is 5.07. The van der Waals surface area contributed by atoms with Gasteiger partial charge in [0.05, 0.1) is 12.7 Å². The molecule has 4 N–H and O–H groups in total. The van der Waals surface area contributed by atoms with Crippen LogP contribution in [0.25, 0.3) is 0 Å². The summed E-state index contributed by atoms with van der Waals surface area (Å²) in [5, 5.41) is 2.62. The molecule has 0 aliphatic carbocycles. The Balaban J connectivity index is 1.64. The maximum Gasteiger partial charge on any atom is 0.258 e. The molecule has 0 bridgehead atoms. The number of aromatic nitrogens is 2. The number of fused-ring (bicyclic) bond motifs is 1. The Morgan fingerprint density at radius 1 is 1.13 bits per heavy atom. The van der Waals surface area contributed by atoms with Crippen molar-refractivity contribution in [2.24, 2.45) is 0 Å². The zero-order chi connectivity index (χ0) is 21.3. The molecule has 2 heterocycles. The van der Waals surface area contributed by atoms with Gasteiger partial charge < -0.3 is 20.5 Å². The summed E-state index contributed by atoms with van der Waals surface area (Å²) in [5.74, 6) is 0.543. The van der Waals surface area contributed by atoms with E-state index in [0.717, 1.165) is 11.1 Å². The van der Waals surface area contributed by atoms with Gasteiger partial charge in [-0.05, 0) is 30.2 Å². The topological polar surface area (TPSA) is 119 Å². The van der Waals surface area contributed by atoms with Crippen molar-refractivity contribution in [1.29, 1.82) is 0 Å². The standard InChI is InChI=1S/C22H22N4O4/c1-12-3-5-13(6-4-12)11-30-16-8-7-14(9-17(16)29-2)15-10-18(27)24-20-19(15)21(28)26-22(23)25-20/h3-9,15H,10-11H2,1-2H3,(H4,23,24,25,26,27,28)/t15-/m1/s1. The number of nitrogens with zero attached hydrogens (tertiary/aromatic N) is 1. The summed E-state index contributed by atoms with van der Waals surface area (Å²) < 4.78 is 11.4. The molecule has 0 fully saturated rings. The summed E-state index contributed by atoms with van der Waals surface area (Å²) in [7, 11) is 1.55. The van der Waals surface area contributed by atoms with E-state index >= 15 is 0 Å². The van der Waals surface area contributed by atoms with E-state index in [2.05, 4.69) is 15.3 Å². The highest BCUT2D eigenvalue weighted by Crippen LogP contribution is 2.38. The summed E-state index contributed by atoms with van der Waals surface area (Å²) in [6, 6.07) is 13.5. The molecule has 30 heavy (non-hydrogen) atoms. The predicted molar refractivity (Wildman–Crippen MR) is 113 cm³/mol. The maximum absolute atomic E-state index is 12.5. The summed E-state index contributed by atoms with van der Waals surface area (Å²) >= 11 is 0. The van der Waals surface area contributed by atoms with Gasteiger partial charge in [-0.15, -0.1) is 0 Å². The number of nitrogens with two attached hydrogens (primary N) is 1. The van der Waals surface area contributed by atoms with Crippen molar-refractivity contribution in [1.82, 2.24) is 9.97 Å². The molecule has 1 aromatic heterocycles. The zero-order valence-corrected chi connectivity index (χ0v) is 16.7. The molecule has 0 spiro atoms. The van der Waals surface area contributed by atoms with Crippen LogP contribution in [0.3, 0.4) is 0 Å². The van der Waals surface area contributed by atoms with Crippen molar-refractivity contribution in [2.45, 2.75) is 25.9 Å². The van der Waals surface area contributed by atoms with Gasteiger partial charge in [-0.2, -0.15) is 4.98 Å². The van der Waals surface area contributed by atoms with Gasteiger partial charge in [0.2, 0.25) is 11.9 Å². The largest absolute Gasteiger partial charge is 0.493 e. The van der Waals surface area contributed by atoms with E-state index in [1.165, 1.54) is 5.56 Å². The first kappa shape index (κ1) is 19.5. The van der Waals surface area contributed by atoms with Crippen molar-refractivity contribution in [2.75, 3.05) is 18.2 Å². The van der Waals surface area contributed by atoms with E-state index in [0.29, 0.717) is 23.7 Å². The molecule has 4 rings (SSSR count). The molecule has 8 nitrogen and oxygen atoms in total. The fraction of sp³-hybridized carbons (Fsp3) is 0.227. The molecule has 0 unspecified atom stereocenters. The maximum atomic E-state index is 12.5. The van der Waals surface area contributed by atoms with Crippen LogP contribution in [-0.4, -0.2) is 23.0 Å². The van der Waals surface area contributed by atoms with E-state index in [1.807, 2.05) is 37.3 Å². The number of nitrogens with one attached hydrogen (secondary N) is 2. The number of aryl methyl sites for hydroxylation is 1. The minimum atomic E-state index is -0.467. The Bertz CT molecular complexity index is 1150. The van der Waals surface area contributed by atoms with Gasteiger partial charge in [0.15, 0.2) is 11.5 Å². The lowest BCUT2D eigenvalue weighted by Crippen LogP contribution is -2.31. The van der Waals surface area contributed by atoms with Crippen molar-refractivity contribution in [3.05, 3.63) is 75.1 Å². The second-order valence-electron chi connectivity index (χ2n) is 7.20. The predicted octanol–water partition coefficient (Wildman–Crippen LogP) is 2.72. The average Bonchev–Trinajstić information content (AvgIpc) is 2.72. The number of carbonyl (C=O) groups is 1. The first-order valence-electron chi connectivity index (χ1n) is 9.50. The summed E-state index contributed by atoms with van der Waals surface area (Å²) in [4.78, 5) is 31.2. The highest BCUT2D eigenvalue weighted by molar-refractivity contribution is 5.94. The first-order chi connectivity index (χ1) is 14.4. The molecule has 2 aromatic carbocycles. The third kappa shape index (κ3) is 3.84. The van der Waals surface area contributed by atoms with Crippen LogP contribution in [0, 0.1) is 6.92 Å². The summed E-state index contributed by atoms with van der Waals surface area (Å²) in [6.45, 7) is 2.43. The number of hydrogen-bond donors (Lipinski definition) is 3. The molecular formula is C22H22N4O4. The van der Waals surface area contributed by atoms with Gasteiger partial charge in [-0.3, -0.25) is 14.6 Å². The molecule has 154 valence electrons. The van der Waals surface area contributed by atoms with Gasteiger partial charge in [-0.25, -0.2) is 0 Å². The molecular weight excluding hydrogens is 384 g/mol. The van der Waals surface area contributed by atoms with Gasteiger partial charge in [0.25, 0.3) is 5.56 Å². The minimum absolute atomic E-state index is 0.0443. The van der Waals surface area contributed by atoms with Crippen LogP contribution in [0.2, 0.25) is 0 Å². The first-order valence-corrected chi connectivity index (χ1v) is 9.50. The Morgan fingerprint density at radius 2 is 1.90 bits per heavy atom. The highest BCUT2D eigenvalue weighted by Gasteiger charge is 2.31. The molecule has 1 amide bonds. The number of amides is 1. The van der Waals surface area contributed by atoms with E-state index in [9.17, 15) is 9.59 Å². The fourth-order valence-electron chi connectivity index (χ4n) is 3.54. The van der Waals surface area contributed by atoms with Crippen molar-refractivity contribution in [3.63, 3.8) is 0 Å². The average molecular weight is 406 g/mol. The van der Waals surface area contributed by atoms with Crippen LogP contribution in [0.5, 0.6) is 11.5 Å². The van der Waals surface area contributed by atoms with Crippen molar-refractivity contribution >= 4 is 17.7 Å². The van der Waals surface area contributed by atoms with Gasteiger partial charge in [-0.1, -0.05) is 35.9 Å². The Labute approximate surface area is 173 Å². The molecule has 0 radical (unpaired) electrons. The smallest absolute Gasteiger partial charge is 0.258 e. The van der Waals surface area contributed by atoms with E-state index in [4.69, 9.17) is 15.2 Å². The number of rotatable bonds is 5. The third-order valence-electron chi connectivity index (χ3n) is 5.07.